The van der Waals surface area contributed by atoms with E-state index in [9.17, 15) is 14.0 Å². The molecule has 150 valence electrons. The fourth-order valence-corrected chi connectivity index (χ4v) is 3.34. The van der Waals surface area contributed by atoms with Crippen molar-refractivity contribution in [3.8, 4) is 0 Å². The van der Waals surface area contributed by atoms with Crippen LogP contribution in [0.2, 0.25) is 0 Å². The molecule has 2 aromatic carbocycles. The normalized spacial score (nSPS) is 13.9. The molecular formula is C24H20FN3O2. The largest absolute Gasteiger partial charge is 0.350 e. The molecule has 0 saturated heterocycles. The van der Waals surface area contributed by atoms with E-state index in [1.54, 1.807) is 24.4 Å². The zero-order chi connectivity index (χ0) is 21.3. The molecule has 0 atom stereocenters. The van der Waals surface area contributed by atoms with Crippen LogP contribution in [0.4, 0.5) is 10.1 Å². The number of hydrogen-bond acceptors (Lipinski definition) is 4. The van der Waals surface area contributed by atoms with Crippen LogP contribution in [0.1, 0.15) is 22.4 Å². The molecule has 1 N–H and O–H groups in total. The summed E-state index contributed by atoms with van der Waals surface area (Å²) in [6, 6.07) is 16.6. The van der Waals surface area contributed by atoms with Crippen molar-refractivity contribution >= 4 is 23.1 Å². The number of aromatic nitrogens is 1. The van der Waals surface area contributed by atoms with Crippen LogP contribution in [0, 0.1) is 19.7 Å². The highest BCUT2D eigenvalue weighted by atomic mass is 19.1. The summed E-state index contributed by atoms with van der Waals surface area (Å²) in [5.41, 5.74) is 4.35. The van der Waals surface area contributed by atoms with Crippen LogP contribution >= 0.6 is 0 Å². The lowest BCUT2D eigenvalue weighted by Gasteiger charge is -2.15. The number of nitrogens with one attached hydrogen (secondary N) is 1. The molecule has 2 heterocycles. The maximum Gasteiger partial charge on any atom is 0.278 e. The SMILES string of the molecule is Cc1ccc(NC2=C(c3ccc(F)cc3)C(=O)N(Cc3ccccn3)C2=O)cc1C. The fraction of sp³-hybridized carbons (Fsp3) is 0.125. The number of aryl methyl sites for hydroxylation is 2. The molecule has 1 aliphatic heterocycles. The first-order valence-electron chi connectivity index (χ1n) is 9.54. The Kier molecular flexibility index (Phi) is 5.14. The van der Waals surface area contributed by atoms with Crippen molar-refractivity contribution in [1.29, 1.82) is 0 Å². The highest BCUT2D eigenvalue weighted by molar-refractivity contribution is 6.36. The summed E-state index contributed by atoms with van der Waals surface area (Å²) in [6.07, 6.45) is 1.61. The van der Waals surface area contributed by atoms with Gasteiger partial charge in [-0.25, -0.2) is 4.39 Å². The molecule has 0 saturated carbocycles. The standard InChI is InChI=1S/C24H20FN3O2/c1-15-6-11-19(13-16(15)2)27-22-21(17-7-9-18(25)10-8-17)23(29)28(24(22)30)14-20-5-3-4-12-26-20/h3-13,27H,14H2,1-2H3. The van der Waals surface area contributed by atoms with Crippen molar-refractivity contribution < 1.29 is 14.0 Å². The number of imide groups is 1. The van der Waals surface area contributed by atoms with Gasteiger partial charge in [0, 0.05) is 11.9 Å². The van der Waals surface area contributed by atoms with Crippen molar-refractivity contribution in [2.24, 2.45) is 0 Å². The Morgan fingerprint density at radius 3 is 2.37 bits per heavy atom. The first-order valence-corrected chi connectivity index (χ1v) is 9.54. The lowest BCUT2D eigenvalue weighted by atomic mass is 10.0. The topological polar surface area (TPSA) is 62.3 Å². The van der Waals surface area contributed by atoms with E-state index in [1.165, 1.54) is 24.3 Å². The van der Waals surface area contributed by atoms with Crippen LogP contribution in [0.25, 0.3) is 5.57 Å². The molecule has 30 heavy (non-hydrogen) atoms. The second kappa shape index (κ2) is 7.91. The molecule has 6 heteroatoms. The van der Waals surface area contributed by atoms with E-state index < -0.39 is 17.6 Å². The van der Waals surface area contributed by atoms with Gasteiger partial charge >= 0.3 is 0 Å². The third kappa shape index (κ3) is 3.72. The third-order valence-corrected chi connectivity index (χ3v) is 5.12. The van der Waals surface area contributed by atoms with E-state index in [1.807, 2.05) is 32.0 Å². The number of amides is 2. The minimum atomic E-state index is -0.441. The minimum Gasteiger partial charge on any atom is -0.350 e. The van der Waals surface area contributed by atoms with Gasteiger partial charge in [0.2, 0.25) is 0 Å². The van der Waals surface area contributed by atoms with Crippen LogP contribution in [-0.2, 0) is 16.1 Å². The van der Waals surface area contributed by atoms with Crippen LogP contribution in [-0.4, -0.2) is 21.7 Å². The molecule has 1 aliphatic rings. The van der Waals surface area contributed by atoms with Gasteiger partial charge in [0.1, 0.15) is 11.5 Å². The van der Waals surface area contributed by atoms with Crippen LogP contribution in [0.15, 0.2) is 72.6 Å². The number of carbonyl (C=O) groups is 2. The van der Waals surface area contributed by atoms with Crippen molar-refractivity contribution in [2.45, 2.75) is 20.4 Å². The average molecular weight is 401 g/mol. The van der Waals surface area contributed by atoms with E-state index >= 15 is 0 Å². The van der Waals surface area contributed by atoms with Crippen LogP contribution in [0.3, 0.4) is 0 Å². The maximum absolute atomic E-state index is 13.4. The number of anilines is 1. The van der Waals surface area contributed by atoms with Gasteiger partial charge < -0.3 is 5.32 Å². The number of pyridine rings is 1. The fourth-order valence-electron chi connectivity index (χ4n) is 3.34. The van der Waals surface area contributed by atoms with Gasteiger partial charge in [-0.3, -0.25) is 19.5 Å². The monoisotopic (exact) mass is 401 g/mol. The summed E-state index contributed by atoms with van der Waals surface area (Å²) in [6.45, 7) is 4.03. The first-order chi connectivity index (χ1) is 14.4. The zero-order valence-corrected chi connectivity index (χ0v) is 16.6. The number of rotatable bonds is 5. The predicted molar refractivity (Wildman–Crippen MR) is 113 cm³/mol. The number of hydrogen-bond donors (Lipinski definition) is 1. The smallest absolute Gasteiger partial charge is 0.278 e. The highest BCUT2D eigenvalue weighted by Crippen LogP contribution is 2.31. The Hall–Kier alpha value is -3.80. The minimum absolute atomic E-state index is 0.0569. The second-order valence-electron chi connectivity index (χ2n) is 7.20. The van der Waals surface area contributed by atoms with Gasteiger partial charge in [0.05, 0.1) is 17.8 Å². The van der Waals surface area contributed by atoms with Gasteiger partial charge in [0.25, 0.3) is 11.8 Å². The molecule has 3 aromatic rings. The molecule has 4 rings (SSSR count). The van der Waals surface area contributed by atoms with Crippen LogP contribution in [0.5, 0.6) is 0 Å². The Morgan fingerprint density at radius 1 is 0.933 bits per heavy atom. The van der Waals surface area contributed by atoms with Gasteiger partial charge in [-0.15, -0.1) is 0 Å². The summed E-state index contributed by atoms with van der Waals surface area (Å²) in [7, 11) is 0. The number of carbonyl (C=O) groups excluding carboxylic acids is 2. The van der Waals surface area contributed by atoms with Gasteiger partial charge in [0.15, 0.2) is 0 Å². The summed E-state index contributed by atoms with van der Waals surface area (Å²) >= 11 is 0. The van der Waals surface area contributed by atoms with Crippen molar-refractivity contribution in [2.75, 3.05) is 5.32 Å². The van der Waals surface area contributed by atoms with Crippen molar-refractivity contribution in [3.63, 3.8) is 0 Å². The van der Waals surface area contributed by atoms with Gasteiger partial charge in [-0.1, -0.05) is 24.3 Å². The zero-order valence-electron chi connectivity index (χ0n) is 16.6. The Balaban J connectivity index is 1.75. The average Bonchev–Trinajstić information content (AvgIpc) is 2.96. The number of nitrogens with zero attached hydrogens (tertiary/aromatic N) is 2. The van der Waals surface area contributed by atoms with E-state index in [0.29, 0.717) is 16.9 Å². The molecule has 1 aromatic heterocycles. The van der Waals surface area contributed by atoms with E-state index in [4.69, 9.17) is 0 Å². The van der Waals surface area contributed by atoms with Gasteiger partial charge in [-0.2, -0.15) is 0 Å². The molecular weight excluding hydrogens is 381 g/mol. The Labute approximate surface area is 173 Å². The molecule has 0 unspecified atom stereocenters. The molecule has 0 aliphatic carbocycles. The Morgan fingerprint density at radius 2 is 1.70 bits per heavy atom. The second-order valence-corrected chi connectivity index (χ2v) is 7.20. The molecule has 0 fully saturated rings. The predicted octanol–water partition coefficient (Wildman–Crippen LogP) is 4.23. The van der Waals surface area contributed by atoms with Gasteiger partial charge in [-0.05, 0) is 66.9 Å². The van der Waals surface area contributed by atoms with Crippen molar-refractivity contribution in [1.82, 2.24) is 9.88 Å². The Bertz CT molecular complexity index is 1150. The highest BCUT2D eigenvalue weighted by Gasteiger charge is 2.39. The third-order valence-electron chi connectivity index (χ3n) is 5.12. The summed E-state index contributed by atoms with van der Waals surface area (Å²) in [5.74, 6) is -1.29. The number of halogens is 1. The van der Waals surface area contributed by atoms with E-state index in [-0.39, 0.29) is 17.8 Å². The lowest BCUT2D eigenvalue weighted by Crippen LogP contribution is -2.32. The molecule has 0 spiro atoms. The first kappa shape index (κ1) is 19.5. The lowest BCUT2D eigenvalue weighted by molar-refractivity contribution is -0.137. The van der Waals surface area contributed by atoms with E-state index in [0.717, 1.165) is 16.0 Å². The summed E-state index contributed by atoms with van der Waals surface area (Å²) < 4.78 is 13.4. The van der Waals surface area contributed by atoms with Crippen LogP contribution < -0.4 is 5.32 Å². The van der Waals surface area contributed by atoms with Crippen molar-refractivity contribution in [3.05, 3.63) is 101 Å². The maximum atomic E-state index is 13.4. The number of benzene rings is 2. The summed E-state index contributed by atoms with van der Waals surface area (Å²) in [4.78, 5) is 31.8. The quantitative estimate of drug-likeness (QED) is 0.650. The molecule has 2 amide bonds. The molecule has 0 radical (unpaired) electrons. The molecule has 5 nitrogen and oxygen atoms in total. The van der Waals surface area contributed by atoms with E-state index in [2.05, 4.69) is 10.3 Å². The summed E-state index contributed by atoms with van der Waals surface area (Å²) in [5, 5.41) is 3.12. The molecule has 0 bridgehead atoms.